The van der Waals surface area contributed by atoms with Crippen molar-refractivity contribution in [1.29, 1.82) is 0 Å². The molecule has 84 valence electrons. The van der Waals surface area contributed by atoms with E-state index in [0.29, 0.717) is 6.54 Å². The number of aromatic nitrogens is 2. The highest BCUT2D eigenvalue weighted by molar-refractivity contribution is 5.75. The van der Waals surface area contributed by atoms with Crippen molar-refractivity contribution < 1.29 is 4.79 Å². The molecule has 1 amide bonds. The number of hydrogen-bond acceptors (Lipinski definition) is 2. The van der Waals surface area contributed by atoms with Gasteiger partial charge in [-0.05, 0) is 13.0 Å². The smallest absolute Gasteiger partial charge is 0.241 e. The molecule has 0 saturated heterocycles. The molecule has 0 aliphatic carbocycles. The molecule has 0 saturated carbocycles. The van der Waals surface area contributed by atoms with E-state index in [4.69, 9.17) is 0 Å². The predicted octanol–water partition coefficient (Wildman–Crippen LogP) is 1.24. The summed E-state index contributed by atoms with van der Waals surface area (Å²) in [4.78, 5) is 11.2. The summed E-state index contributed by atoms with van der Waals surface area (Å²) >= 11 is 0. The van der Waals surface area contributed by atoms with Crippen LogP contribution in [0.15, 0.2) is 6.07 Å². The highest BCUT2D eigenvalue weighted by atomic mass is 16.1. The van der Waals surface area contributed by atoms with Crippen LogP contribution < -0.4 is 5.32 Å². The van der Waals surface area contributed by atoms with Crippen molar-refractivity contribution in [2.45, 2.75) is 39.7 Å². The number of carbonyl (C=O) groups is 1. The van der Waals surface area contributed by atoms with Crippen molar-refractivity contribution >= 4 is 5.91 Å². The normalized spacial score (nSPS) is 11.5. The average molecular weight is 209 g/mol. The van der Waals surface area contributed by atoms with Gasteiger partial charge in [-0.2, -0.15) is 5.10 Å². The second kappa shape index (κ2) is 4.04. The summed E-state index contributed by atoms with van der Waals surface area (Å²) in [5.74, 6) is -0.0262. The van der Waals surface area contributed by atoms with E-state index in [0.717, 1.165) is 11.4 Å². The molecule has 0 bridgehead atoms. The van der Waals surface area contributed by atoms with Gasteiger partial charge in [0.25, 0.3) is 0 Å². The Labute approximate surface area is 90.7 Å². The number of hydrogen-bond donors (Lipinski definition) is 1. The van der Waals surface area contributed by atoms with E-state index in [1.807, 2.05) is 13.0 Å². The van der Waals surface area contributed by atoms with Gasteiger partial charge in [-0.1, -0.05) is 20.8 Å². The van der Waals surface area contributed by atoms with Crippen molar-refractivity contribution in [1.82, 2.24) is 15.1 Å². The van der Waals surface area contributed by atoms with Gasteiger partial charge in [-0.3, -0.25) is 9.48 Å². The SMILES string of the molecule is CNC(=O)Cn1nc(C(C)(C)C)cc1C. The topological polar surface area (TPSA) is 46.9 Å². The number of likely N-dealkylation sites (N-methyl/N-ethyl adjacent to an activating group) is 1. The highest BCUT2D eigenvalue weighted by Crippen LogP contribution is 2.21. The van der Waals surface area contributed by atoms with Crippen LogP contribution in [-0.4, -0.2) is 22.7 Å². The lowest BCUT2D eigenvalue weighted by Gasteiger charge is -2.14. The first-order chi connectivity index (χ1) is 6.84. The molecule has 1 rings (SSSR count). The lowest BCUT2D eigenvalue weighted by Crippen LogP contribution is -2.25. The maximum Gasteiger partial charge on any atom is 0.241 e. The summed E-state index contributed by atoms with van der Waals surface area (Å²) in [7, 11) is 1.63. The Bertz CT molecular complexity index is 360. The van der Waals surface area contributed by atoms with Crippen LogP contribution in [0.4, 0.5) is 0 Å². The van der Waals surface area contributed by atoms with Crippen LogP contribution in [0.2, 0.25) is 0 Å². The van der Waals surface area contributed by atoms with Gasteiger partial charge in [0.2, 0.25) is 5.91 Å². The van der Waals surface area contributed by atoms with Crippen LogP contribution >= 0.6 is 0 Å². The van der Waals surface area contributed by atoms with Crippen molar-refractivity contribution in [2.24, 2.45) is 0 Å². The first kappa shape index (κ1) is 11.8. The maximum atomic E-state index is 11.2. The number of aryl methyl sites for hydroxylation is 1. The second-order valence-electron chi connectivity index (χ2n) is 4.75. The molecular formula is C11H19N3O. The third-order valence-corrected chi connectivity index (χ3v) is 2.32. The summed E-state index contributed by atoms with van der Waals surface area (Å²) in [6.45, 7) is 8.58. The van der Waals surface area contributed by atoms with Gasteiger partial charge in [-0.25, -0.2) is 0 Å². The lowest BCUT2D eigenvalue weighted by atomic mass is 9.92. The number of nitrogens with one attached hydrogen (secondary N) is 1. The monoisotopic (exact) mass is 209 g/mol. The number of carbonyl (C=O) groups excluding carboxylic acids is 1. The van der Waals surface area contributed by atoms with Crippen molar-refractivity contribution in [2.75, 3.05) is 7.05 Å². The Hall–Kier alpha value is -1.32. The second-order valence-corrected chi connectivity index (χ2v) is 4.75. The number of nitrogens with zero attached hydrogens (tertiary/aromatic N) is 2. The molecule has 1 aromatic rings. The largest absolute Gasteiger partial charge is 0.358 e. The summed E-state index contributed by atoms with van der Waals surface area (Å²) in [5, 5.41) is 7.01. The van der Waals surface area contributed by atoms with Crippen LogP contribution in [0.3, 0.4) is 0 Å². The van der Waals surface area contributed by atoms with Gasteiger partial charge >= 0.3 is 0 Å². The molecule has 0 unspecified atom stereocenters. The quantitative estimate of drug-likeness (QED) is 0.796. The highest BCUT2D eigenvalue weighted by Gasteiger charge is 2.18. The van der Waals surface area contributed by atoms with Gasteiger partial charge in [0.05, 0.1) is 5.69 Å². The minimum atomic E-state index is -0.0262. The Morgan fingerprint density at radius 1 is 1.53 bits per heavy atom. The molecule has 4 nitrogen and oxygen atoms in total. The van der Waals surface area contributed by atoms with E-state index >= 15 is 0 Å². The van der Waals surface area contributed by atoms with Crippen LogP contribution in [0, 0.1) is 6.92 Å². The van der Waals surface area contributed by atoms with E-state index in [2.05, 4.69) is 31.2 Å². The molecule has 4 heteroatoms. The van der Waals surface area contributed by atoms with Crippen LogP contribution in [0.1, 0.15) is 32.2 Å². The molecule has 0 aliphatic rings. The zero-order chi connectivity index (χ0) is 11.6. The summed E-state index contributed by atoms with van der Waals surface area (Å²) < 4.78 is 1.74. The molecule has 0 aromatic carbocycles. The predicted molar refractivity (Wildman–Crippen MR) is 59.7 cm³/mol. The average Bonchev–Trinajstić information content (AvgIpc) is 2.47. The Morgan fingerprint density at radius 3 is 2.53 bits per heavy atom. The zero-order valence-corrected chi connectivity index (χ0v) is 10.1. The van der Waals surface area contributed by atoms with Gasteiger partial charge in [0, 0.05) is 18.2 Å². The zero-order valence-electron chi connectivity index (χ0n) is 10.1. The number of amides is 1. The van der Waals surface area contributed by atoms with Crippen molar-refractivity contribution in [3.05, 3.63) is 17.5 Å². The third kappa shape index (κ3) is 2.81. The van der Waals surface area contributed by atoms with E-state index in [9.17, 15) is 4.79 Å². The molecular weight excluding hydrogens is 190 g/mol. The Balaban J connectivity index is 2.92. The molecule has 0 spiro atoms. The fourth-order valence-electron chi connectivity index (χ4n) is 1.25. The van der Waals surface area contributed by atoms with Crippen LogP contribution in [-0.2, 0) is 16.8 Å². The summed E-state index contributed by atoms with van der Waals surface area (Å²) in [6, 6.07) is 2.03. The fraction of sp³-hybridized carbons (Fsp3) is 0.636. The minimum Gasteiger partial charge on any atom is -0.358 e. The maximum absolute atomic E-state index is 11.2. The van der Waals surface area contributed by atoms with Crippen LogP contribution in [0.25, 0.3) is 0 Å². The standard InChI is InChI=1S/C11H19N3O/c1-8-6-9(11(2,3)4)13-14(8)7-10(15)12-5/h6H,7H2,1-5H3,(H,12,15). The molecule has 15 heavy (non-hydrogen) atoms. The first-order valence-electron chi connectivity index (χ1n) is 5.10. The van der Waals surface area contributed by atoms with E-state index in [-0.39, 0.29) is 11.3 Å². The lowest BCUT2D eigenvalue weighted by molar-refractivity contribution is -0.121. The van der Waals surface area contributed by atoms with Gasteiger partial charge in [-0.15, -0.1) is 0 Å². The molecule has 1 aromatic heterocycles. The molecule has 1 N–H and O–H groups in total. The van der Waals surface area contributed by atoms with E-state index in [1.54, 1.807) is 11.7 Å². The van der Waals surface area contributed by atoms with Gasteiger partial charge in [0.1, 0.15) is 6.54 Å². The van der Waals surface area contributed by atoms with Crippen molar-refractivity contribution in [3.8, 4) is 0 Å². The van der Waals surface area contributed by atoms with E-state index < -0.39 is 0 Å². The van der Waals surface area contributed by atoms with Gasteiger partial charge in [0.15, 0.2) is 0 Å². The molecule has 1 heterocycles. The molecule has 0 aliphatic heterocycles. The third-order valence-electron chi connectivity index (χ3n) is 2.32. The fourth-order valence-corrected chi connectivity index (χ4v) is 1.25. The molecule has 0 fully saturated rings. The molecule has 0 radical (unpaired) electrons. The van der Waals surface area contributed by atoms with Crippen molar-refractivity contribution in [3.63, 3.8) is 0 Å². The van der Waals surface area contributed by atoms with E-state index in [1.165, 1.54) is 0 Å². The molecule has 0 atom stereocenters. The Kier molecular flexibility index (Phi) is 3.17. The Morgan fingerprint density at radius 2 is 2.13 bits per heavy atom. The first-order valence-corrected chi connectivity index (χ1v) is 5.10. The van der Waals surface area contributed by atoms with Gasteiger partial charge < -0.3 is 5.32 Å². The van der Waals surface area contributed by atoms with Crippen LogP contribution in [0.5, 0.6) is 0 Å². The summed E-state index contributed by atoms with van der Waals surface area (Å²) in [6.07, 6.45) is 0. The summed E-state index contributed by atoms with van der Waals surface area (Å²) in [5.41, 5.74) is 2.06. The minimum absolute atomic E-state index is 0.0262. The number of rotatable bonds is 2.